The first-order valence-electron chi connectivity index (χ1n) is 9.30. The topological polar surface area (TPSA) is 46.8 Å². The third kappa shape index (κ3) is 2.73. The zero-order valence-corrected chi connectivity index (χ0v) is 16.5. The third-order valence-corrected chi connectivity index (χ3v) is 5.59. The number of rotatable bonds is 4. The number of hydrogen-bond acceptors (Lipinski definition) is 2. The van der Waals surface area contributed by atoms with Crippen LogP contribution < -0.4 is 9.88 Å². The van der Waals surface area contributed by atoms with Crippen molar-refractivity contribution in [1.29, 1.82) is 0 Å². The fraction of sp³-hybridized carbons (Fsp3) is 0.524. The van der Waals surface area contributed by atoms with Crippen LogP contribution in [0, 0.1) is 5.92 Å². The second kappa shape index (κ2) is 6.41. The molecule has 4 heteroatoms. The predicted molar refractivity (Wildman–Crippen MR) is 99.0 cm³/mol. The zero-order valence-electron chi connectivity index (χ0n) is 16.5. The predicted octanol–water partition coefficient (Wildman–Crippen LogP) is 3.04. The van der Waals surface area contributed by atoms with Gasteiger partial charge in [0.2, 0.25) is 11.4 Å². The molecule has 2 N–H and O–H groups in total. The molecule has 134 valence electrons. The van der Waals surface area contributed by atoms with E-state index < -0.39 is 0 Å². The molecule has 25 heavy (non-hydrogen) atoms. The minimum absolute atomic E-state index is 0.214. The lowest BCUT2D eigenvalue weighted by atomic mass is 9.96. The number of carbonyl (C=O) groups is 1. The normalized spacial score (nSPS) is 19.0. The van der Waals surface area contributed by atoms with Gasteiger partial charge in [-0.1, -0.05) is 13.8 Å². The minimum Gasteiger partial charge on any atom is -0.459 e. The summed E-state index contributed by atoms with van der Waals surface area (Å²) in [6.45, 7) is 15.5. The number of aromatic nitrogens is 1. The second-order valence-electron chi connectivity index (χ2n) is 7.66. The average Bonchev–Trinajstić information content (AvgIpc) is 2.98. The van der Waals surface area contributed by atoms with Crippen molar-refractivity contribution in [2.45, 2.75) is 60.9 Å². The summed E-state index contributed by atoms with van der Waals surface area (Å²) in [7, 11) is 0. The van der Waals surface area contributed by atoms with Crippen molar-refractivity contribution < 1.29 is 19.4 Å². The zero-order chi connectivity index (χ0) is 18.5. The Morgan fingerprint density at radius 2 is 1.96 bits per heavy atom. The lowest BCUT2D eigenvalue weighted by Gasteiger charge is -2.13. The van der Waals surface area contributed by atoms with E-state index in [1.165, 1.54) is 28.1 Å². The Morgan fingerprint density at radius 3 is 2.56 bits per heavy atom. The number of nitrogens with two attached hydrogens (primary N) is 1. The van der Waals surface area contributed by atoms with E-state index >= 15 is 0 Å². The lowest BCUT2D eigenvalue weighted by Crippen LogP contribution is -2.76. The second-order valence-corrected chi connectivity index (χ2v) is 7.66. The largest absolute Gasteiger partial charge is 0.459 e. The van der Waals surface area contributed by atoms with E-state index in [2.05, 4.69) is 52.2 Å². The Hall–Kier alpha value is -1.94. The molecule has 0 amide bonds. The number of hydrogen-bond donors (Lipinski definition) is 1. The highest BCUT2D eigenvalue weighted by atomic mass is 16.5. The van der Waals surface area contributed by atoms with Crippen LogP contribution in [0.15, 0.2) is 17.3 Å². The highest BCUT2D eigenvalue weighted by molar-refractivity contribution is 5.98. The van der Waals surface area contributed by atoms with Crippen LogP contribution in [-0.2, 0) is 16.0 Å². The number of quaternary nitrogens is 1. The molecular formula is C21H30N2O2+2. The summed E-state index contributed by atoms with van der Waals surface area (Å²) in [4.78, 5) is 12.4. The Morgan fingerprint density at radius 1 is 1.28 bits per heavy atom. The molecule has 1 atom stereocenters. The minimum atomic E-state index is -0.214. The number of esters is 1. The van der Waals surface area contributed by atoms with Gasteiger partial charge in [-0.2, -0.15) is 4.57 Å². The van der Waals surface area contributed by atoms with Crippen molar-refractivity contribution in [2.24, 2.45) is 5.92 Å². The molecule has 1 aromatic heterocycles. The molecule has 0 radical (unpaired) electrons. The standard InChI is InChI=1S/C21H28N2O2/c1-8-25-21(24)20-14(6)19-16(22-20)10-17-13(5)12(4)15(7)23(17)18(19)9-11(2)3/h10-11,15H,8-9H2,1-7H3/p+2. The van der Waals surface area contributed by atoms with E-state index in [9.17, 15) is 4.79 Å². The summed E-state index contributed by atoms with van der Waals surface area (Å²) < 4.78 is 7.75. The van der Waals surface area contributed by atoms with Gasteiger partial charge in [-0.15, -0.1) is 0 Å². The fourth-order valence-electron chi connectivity index (χ4n) is 4.11. The van der Waals surface area contributed by atoms with Gasteiger partial charge in [-0.25, -0.2) is 4.79 Å². The van der Waals surface area contributed by atoms with Crippen molar-refractivity contribution >= 4 is 22.8 Å². The van der Waals surface area contributed by atoms with Crippen LogP contribution in [0.4, 0.5) is 5.69 Å². The van der Waals surface area contributed by atoms with E-state index in [0.717, 1.165) is 17.7 Å². The van der Waals surface area contributed by atoms with E-state index in [1.807, 2.05) is 12.2 Å². The Kier molecular flexibility index (Phi) is 4.58. The van der Waals surface area contributed by atoms with Crippen molar-refractivity contribution in [3.63, 3.8) is 0 Å². The fourth-order valence-corrected chi connectivity index (χ4v) is 4.11. The summed E-state index contributed by atoms with van der Waals surface area (Å²) in [6, 6.07) is 2.62. The number of pyridine rings is 1. The molecule has 3 heterocycles. The van der Waals surface area contributed by atoms with E-state index in [1.54, 1.807) is 0 Å². The van der Waals surface area contributed by atoms with Gasteiger partial charge in [0.25, 0.3) is 0 Å². The maximum absolute atomic E-state index is 12.4. The maximum atomic E-state index is 12.4. The Bertz CT molecular complexity index is 816. The summed E-state index contributed by atoms with van der Waals surface area (Å²) in [5, 5.41) is 2.01. The van der Waals surface area contributed by atoms with Crippen molar-refractivity contribution in [3.05, 3.63) is 34.3 Å². The molecule has 4 nitrogen and oxygen atoms in total. The van der Waals surface area contributed by atoms with E-state index in [4.69, 9.17) is 4.74 Å². The van der Waals surface area contributed by atoms with Crippen molar-refractivity contribution in [2.75, 3.05) is 6.61 Å². The van der Waals surface area contributed by atoms with Crippen LogP contribution in [0.25, 0.3) is 11.1 Å². The molecule has 0 aliphatic carbocycles. The van der Waals surface area contributed by atoms with Gasteiger partial charge < -0.3 is 4.74 Å². The first-order valence-corrected chi connectivity index (χ1v) is 9.30. The molecular weight excluding hydrogens is 312 g/mol. The summed E-state index contributed by atoms with van der Waals surface area (Å²) in [5.74, 6) is 0.337. The molecule has 0 aromatic carbocycles. The van der Waals surface area contributed by atoms with Gasteiger partial charge in [0.1, 0.15) is 5.56 Å². The third-order valence-electron chi connectivity index (χ3n) is 5.59. The van der Waals surface area contributed by atoms with Gasteiger partial charge in [0.15, 0.2) is 17.4 Å². The highest BCUT2D eigenvalue weighted by Gasteiger charge is 2.42. The van der Waals surface area contributed by atoms with Crippen LogP contribution in [0.1, 0.15) is 71.5 Å². The van der Waals surface area contributed by atoms with Crippen LogP contribution in [0.5, 0.6) is 0 Å². The smallest absolute Gasteiger partial charge is 0.393 e. The van der Waals surface area contributed by atoms with Gasteiger partial charge >= 0.3 is 5.97 Å². The average molecular weight is 342 g/mol. The summed E-state index contributed by atoms with van der Waals surface area (Å²) in [6.07, 6.45) is 1.00. The quantitative estimate of drug-likeness (QED) is 0.675. The molecule has 1 aromatic rings. The number of ether oxygens (including phenoxy) is 1. The van der Waals surface area contributed by atoms with E-state index in [0.29, 0.717) is 24.3 Å². The summed E-state index contributed by atoms with van der Waals surface area (Å²) in [5.41, 5.74) is 9.56. The van der Waals surface area contributed by atoms with Crippen LogP contribution in [0.3, 0.4) is 0 Å². The van der Waals surface area contributed by atoms with Crippen molar-refractivity contribution in [1.82, 2.24) is 0 Å². The van der Waals surface area contributed by atoms with E-state index in [-0.39, 0.29) is 5.97 Å². The van der Waals surface area contributed by atoms with Gasteiger partial charge in [0.05, 0.1) is 12.7 Å². The summed E-state index contributed by atoms with van der Waals surface area (Å²) >= 11 is 0. The molecule has 0 bridgehead atoms. The first kappa shape index (κ1) is 17.9. The number of carbonyl (C=O) groups excluding carboxylic acids is 1. The van der Waals surface area contributed by atoms with Crippen LogP contribution in [-0.4, -0.2) is 12.6 Å². The Labute approximate surface area is 150 Å². The molecule has 0 saturated carbocycles. The molecule has 0 saturated heterocycles. The molecule has 2 aliphatic rings. The molecule has 2 aliphatic heterocycles. The monoisotopic (exact) mass is 342 g/mol. The number of nitrogens with zero attached hydrogens (tertiary/aromatic N) is 1. The molecule has 0 fully saturated rings. The Balaban J connectivity index is 2.21. The highest BCUT2D eigenvalue weighted by Crippen LogP contribution is 2.37. The van der Waals surface area contributed by atoms with Gasteiger partial charge in [0, 0.05) is 30.1 Å². The lowest BCUT2D eigenvalue weighted by molar-refractivity contribution is -0.716. The number of allylic oxidation sites excluding steroid dienone is 3. The van der Waals surface area contributed by atoms with Gasteiger partial charge in [-0.05, 0) is 33.6 Å². The van der Waals surface area contributed by atoms with Crippen LogP contribution >= 0.6 is 0 Å². The van der Waals surface area contributed by atoms with Gasteiger partial charge in [-0.3, -0.25) is 5.32 Å². The number of fused-ring (bicyclic) bond motifs is 2. The first-order chi connectivity index (χ1) is 11.8. The SMILES string of the molecule is CCOC(=O)C1=C(C)c2c(cc3[n+](c2CC(C)C)C(C)C(C)=C3C)[NH2+]1. The molecule has 0 spiro atoms. The van der Waals surface area contributed by atoms with Crippen molar-refractivity contribution in [3.8, 4) is 0 Å². The molecule has 1 unspecified atom stereocenters. The van der Waals surface area contributed by atoms with Crippen LogP contribution in [0.2, 0.25) is 0 Å². The maximum Gasteiger partial charge on any atom is 0.393 e. The molecule has 3 rings (SSSR count).